The monoisotopic (exact) mass is 295 g/mol. The summed E-state index contributed by atoms with van der Waals surface area (Å²) in [6.07, 6.45) is 0. The third-order valence-electron chi connectivity index (χ3n) is 3.27. The van der Waals surface area contributed by atoms with Gasteiger partial charge < -0.3 is 4.74 Å². The van der Waals surface area contributed by atoms with Gasteiger partial charge in [0.15, 0.2) is 0 Å². The molecule has 92 valence electrons. The van der Waals surface area contributed by atoms with Crippen LogP contribution in [0.3, 0.4) is 0 Å². The van der Waals surface area contributed by atoms with E-state index in [4.69, 9.17) is 4.74 Å². The SMILES string of the molecule is COc1c(C)c(C)c(Br)c(C)c1C(C)(C)C#N. The number of halogens is 1. The van der Waals surface area contributed by atoms with E-state index in [1.807, 2.05) is 27.7 Å². The molecule has 0 aliphatic heterocycles. The minimum Gasteiger partial charge on any atom is -0.496 e. The van der Waals surface area contributed by atoms with Gasteiger partial charge >= 0.3 is 0 Å². The molecule has 0 aliphatic carbocycles. The maximum atomic E-state index is 9.32. The summed E-state index contributed by atoms with van der Waals surface area (Å²) in [6.45, 7) is 9.93. The van der Waals surface area contributed by atoms with Crippen LogP contribution in [-0.4, -0.2) is 7.11 Å². The lowest BCUT2D eigenvalue weighted by Crippen LogP contribution is -2.18. The fraction of sp³-hybridized carbons (Fsp3) is 0.500. The van der Waals surface area contributed by atoms with E-state index in [2.05, 4.69) is 28.9 Å². The summed E-state index contributed by atoms with van der Waals surface area (Å²) in [4.78, 5) is 0. The molecule has 0 saturated heterocycles. The normalized spacial score (nSPS) is 11.2. The van der Waals surface area contributed by atoms with Gasteiger partial charge in [0.2, 0.25) is 0 Å². The molecule has 0 heterocycles. The van der Waals surface area contributed by atoms with Gasteiger partial charge in [-0.25, -0.2) is 0 Å². The Hall–Kier alpha value is -1.01. The molecule has 0 spiro atoms. The highest BCUT2D eigenvalue weighted by Crippen LogP contribution is 2.42. The molecule has 0 fully saturated rings. The molecule has 0 saturated carbocycles. The van der Waals surface area contributed by atoms with E-state index in [0.29, 0.717) is 0 Å². The zero-order valence-corrected chi connectivity index (χ0v) is 12.8. The van der Waals surface area contributed by atoms with E-state index in [-0.39, 0.29) is 0 Å². The van der Waals surface area contributed by atoms with Crippen molar-refractivity contribution in [1.82, 2.24) is 0 Å². The number of nitrogens with zero attached hydrogens (tertiary/aromatic N) is 1. The Bertz CT molecular complexity index is 498. The quantitative estimate of drug-likeness (QED) is 0.820. The van der Waals surface area contributed by atoms with Crippen LogP contribution in [0, 0.1) is 32.1 Å². The molecule has 0 aromatic heterocycles. The van der Waals surface area contributed by atoms with Crippen LogP contribution in [0.2, 0.25) is 0 Å². The van der Waals surface area contributed by atoms with Gasteiger partial charge in [-0.15, -0.1) is 0 Å². The molecular weight excluding hydrogens is 278 g/mol. The van der Waals surface area contributed by atoms with Gasteiger partial charge in [-0.05, 0) is 51.3 Å². The van der Waals surface area contributed by atoms with Crippen LogP contribution in [0.25, 0.3) is 0 Å². The van der Waals surface area contributed by atoms with E-state index in [1.54, 1.807) is 7.11 Å². The Balaban J connectivity index is 3.78. The average Bonchev–Trinajstić information content (AvgIpc) is 2.30. The van der Waals surface area contributed by atoms with Crippen LogP contribution in [0.5, 0.6) is 5.75 Å². The molecule has 0 aliphatic rings. The van der Waals surface area contributed by atoms with Gasteiger partial charge in [0, 0.05) is 10.0 Å². The molecule has 0 bridgehead atoms. The lowest BCUT2D eigenvalue weighted by molar-refractivity contribution is 0.398. The predicted octanol–water partition coefficient (Wildman–Crippen LogP) is 4.18. The van der Waals surface area contributed by atoms with Gasteiger partial charge in [0.25, 0.3) is 0 Å². The number of nitriles is 1. The number of methoxy groups -OCH3 is 1. The van der Waals surface area contributed by atoms with Crippen LogP contribution < -0.4 is 4.74 Å². The minimum atomic E-state index is -0.559. The summed E-state index contributed by atoms with van der Waals surface area (Å²) in [5.41, 5.74) is 3.74. The Labute approximate surface area is 112 Å². The van der Waals surface area contributed by atoms with Crippen molar-refractivity contribution in [2.45, 2.75) is 40.0 Å². The summed E-state index contributed by atoms with van der Waals surface area (Å²) >= 11 is 3.60. The third-order valence-corrected chi connectivity index (χ3v) is 4.46. The second-order valence-corrected chi connectivity index (χ2v) is 5.63. The van der Waals surface area contributed by atoms with Gasteiger partial charge in [-0.2, -0.15) is 5.26 Å². The second-order valence-electron chi connectivity index (χ2n) is 4.83. The van der Waals surface area contributed by atoms with Crippen LogP contribution >= 0.6 is 15.9 Å². The first-order valence-corrected chi connectivity index (χ1v) is 6.32. The van der Waals surface area contributed by atoms with Crippen molar-refractivity contribution < 1.29 is 4.74 Å². The molecule has 17 heavy (non-hydrogen) atoms. The minimum absolute atomic E-state index is 0.559. The molecule has 0 amide bonds. The van der Waals surface area contributed by atoms with E-state index < -0.39 is 5.41 Å². The maximum absolute atomic E-state index is 9.32. The first-order chi connectivity index (χ1) is 7.77. The van der Waals surface area contributed by atoms with Crippen molar-refractivity contribution in [3.05, 3.63) is 26.7 Å². The van der Waals surface area contributed by atoms with E-state index in [1.165, 1.54) is 0 Å². The van der Waals surface area contributed by atoms with Crippen LogP contribution in [0.4, 0.5) is 0 Å². The highest BCUT2D eigenvalue weighted by atomic mass is 79.9. The van der Waals surface area contributed by atoms with Gasteiger partial charge in [-0.3, -0.25) is 0 Å². The lowest BCUT2D eigenvalue weighted by atomic mass is 9.81. The van der Waals surface area contributed by atoms with E-state index in [9.17, 15) is 5.26 Å². The zero-order valence-electron chi connectivity index (χ0n) is 11.2. The van der Waals surface area contributed by atoms with Crippen molar-refractivity contribution in [2.75, 3.05) is 7.11 Å². The van der Waals surface area contributed by atoms with Crippen molar-refractivity contribution >= 4 is 15.9 Å². The smallest absolute Gasteiger partial charge is 0.127 e. The van der Waals surface area contributed by atoms with Gasteiger partial charge in [0.1, 0.15) is 5.75 Å². The highest BCUT2D eigenvalue weighted by molar-refractivity contribution is 9.10. The Morgan fingerprint density at radius 1 is 1.12 bits per heavy atom. The average molecular weight is 296 g/mol. The Morgan fingerprint density at radius 2 is 1.65 bits per heavy atom. The summed E-state index contributed by atoms with van der Waals surface area (Å²) in [5.74, 6) is 0.828. The molecule has 0 unspecified atom stereocenters. The number of hydrogen-bond acceptors (Lipinski definition) is 2. The highest BCUT2D eigenvalue weighted by Gasteiger charge is 2.29. The second kappa shape index (κ2) is 4.70. The zero-order chi connectivity index (χ0) is 13.4. The molecule has 0 atom stereocenters. The number of benzene rings is 1. The number of ether oxygens (including phenoxy) is 1. The molecule has 1 aromatic rings. The molecular formula is C14H18BrNO. The fourth-order valence-electron chi connectivity index (χ4n) is 2.15. The molecule has 3 heteroatoms. The van der Waals surface area contributed by atoms with Crippen molar-refractivity contribution in [3.63, 3.8) is 0 Å². The molecule has 0 radical (unpaired) electrons. The van der Waals surface area contributed by atoms with Gasteiger partial charge in [-0.1, -0.05) is 15.9 Å². The fourth-order valence-corrected chi connectivity index (χ4v) is 2.64. The summed E-state index contributed by atoms with van der Waals surface area (Å²) < 4.78 is 6.57. The summed E-state index contributed by atoms with van der Waals surface area (Å²) in [7, 11) is 1.66. The van der Waals surface area contributed by atoms with E-state index >= 15 is 0 Å². The van der Waals surface area contributed by atoms with Crippen LogP contribution in [0.1, 0.15) is 36.1 Å². The molecule has 0 N–H and O–H groups in total. The first-order valence-electron chi connectivity index (χ1n) is 5.52. The number of rotatable bonds is 2. The van der Waals surface area contributed by atoms with Crippen molar-refractivity contribution in [2.24, 2.45) is 0 Å². The molecule has 2 nitrogen and oxygen atoms in total. The van der Waals surface area contributed by atoms with Crippen molar-refractivity contribution in [3.8, 4) is 11.8 Å². The van der Waals surface area contributed by atoms with Crippen molar-refractivity contribution in [1.29, 1.82) is 5.26 Å². The molecule has 1 rings (SSSR count). The largest absolute Gasteiger partial charge is 0.496 e. The standard InChI is InChI=1S/C14H18BrNO/c1-8-9(2)13(17-6)11(10(3)12(8)15)14(4,5)7-16/h1-6H3. The summed E-state index contributed by atoms with van der Waals surface area (Å²) in [5, 5.41) is 9.32. The number of hydrogen-bond donors (Lipinski definition) is 0. The first kappa shape index (κ1) is 14.1. The van der Waals surface area contributed by atoms with Gasteiger partial charge in [0.05, 0.1) is 18.6 Å². The Morgan fingerprint density at radius 3 is 2.06 bits per heavy atom. The molecule has 1 aromatic carbocycles. The summed E-state index contributed by atoms with van der Waals surface area (Å²) in [6, 6.07) is 2.35. The third kappa shape index (κ3) is 2.19. The topological polar surface area (TPSA) is 33.0 Å². The Kier molecular flexibility index (Phi) is 3.88. The van der Waals surface area contributed by atoms with E-state index in [0.717, 1.165) is 32.5 Å². The van der Waals surface area contributed by atoms with Crippen LogP contribution in [0.15, 0.2) is 4.47 Å². The lowest BCUT2D eigenvalue weighted by Gasteiger charge is -2.25. The maximum Gasteiger partial charge on any atom is 0.127 e. The predicted molar refractivity (Wildman–Crippen MR) is 73.5 cm³/mol. The van der Waals surface area contributed by atoms with Crippen LogP contribution in [-0.2, 0) is 5.41 Å².